The van der Waals surface area contributed by atoms with Crippen LogP contribution in [0.3, 0.4) is 0 Å². The van der Waals surface area contributed by atoms with Gasteiger partial charge in [0.15, 0.2) is 5.76 Å². The molecular formula is C19H19BrNO2+. The second-order valence-corrected chi connectivity index (χ2v) is 6.22. The Bertz CT molecular complexity index is 726. The Morgan fingerprint density at radius 1 is 0.957 bits per heavy atom. The molecular weight excluding hydrogens is 354 g/mol. The van der Waals surface area contributed by atoms with Crippen molar-refractivity contribution in [3.63, 3.8) is 0 Å². The zero-order chi connectivity index (χ0) is 15.9. The minimum Gasteiger partial charge on any atom is -0.488 e. The largest absolute Gasteiger partial charge is 0.488 e. The maximum Gasteiger partial charge on any atom is 0.157 e. The first-order chi connectivity index (χ1) is 11.3. The number of benzene rings is 2. The third-order valence-corrected chi connectivity index (χ3v) is 4.04. The molecule has 118 valence electrons. The summed E-state index contributed by atoms with van der Waals surface area (Å²) in [7, 11) is 0. The molecule has 3 aromatic rings. The van der Waals surface area contributed by atoms with Crippen LogP contribution in [0.4, 0.5) is 0 Å². The van der Waals surface area contributed by atoms with Gasteiger partial charge in [-0.1, -0.05) is 46.3 Å². The average molecular weight is 373 g/mol. The van der Waals surface area contributed by atoms with Crippen LogP contribution in [0.5, 0.6) is 5.75 Å². The molecule has 0 saturated heterocycles. The van der Waals surface area contributed by atoms with Gasteiger partial charge in [-0.05, 0) is 35.9 Å². The normalized spacial score (nSPS) is 10.7. The van der Waals surface area contributed by atoms with Crippen LogP contribution in [0, 0.1) is 0 Å². The molecule has 1 aromatic heterocycles. The molecule has 0 fully saturated rings. The molecule has 0 unspecified atom stereocenters. The van der Waals surface area contributed by atoms with Crippen molar-refractivity contribution in [1.29, 1.82) is 0 Å². The summed E-state index contributed by atoms with van der Waals surface area (Å²) in [4.78, 5) is 0. The summed E-state index contributed by atoms with van der Waals surface area (Å²) in [5.41, 5.74) is 2.34. The standard InChI is InChI=1S/C19H18BrNO2/c20-17-8-9-19(23-14-15-5-2-1-3-6-15)16(11-17)12-21-13-18-7-4-10-22-18/h1-11,21H,12-14H2/p+1. The number of ether oxygens (including phenoxy) is 1. The minimum atomic E-state index is 0.577. The maximum atomic E-state index is 6.00. The van der Waals surface area contributed by atoms with Gasteiger partial charge in [0.2, 0.25) is 0 Å². The van der Waals surface area contributed by atoms with Crippen molar-refractivity contribution in [1.82, 2.24) is 0 Å². The van der Waals surface area contributed by atoms with Crippen LogP contribution in [-0.4, -0.2) is 0 Å². The molecule has 0 amide bonds. The van der Waals surface area contributed by atoms with E-state index in [1.165, 1.54) is 11.1 Å². The van der Waals surface area contributed by atoms with Crippen molar-refractivity contribution >= 4 is 15.9 Å². The van der Waals surface area contributed by atoms with Crippen LogP contribution < -0.4 is 10.1 Å². The zero-order valence-electron chi connectivity index (χ0n) is 12.7. The van der Waals surface area contributed by atoms with Gasteiger partial charge in [0.05, 0.1) is 6.26 Å². The molecule has 0 radical (unpaired) electrons. The summed E-state index contributed by atoms with van der Waals surface area (Å²) in [5.74, 6) is 1.90. The second kappa shape index (κ2) is 7.99. The topological polar surface area (TPSA) is 39.0 Å². The Balaban J connectivity index is 1.62. The van der Waals surface area contributed by atoms with E-state index in [0.29, 0.717) is 6.61 Å². The fourth-order valence-corrected chi connectivity index (χ4v) is 2.79. The average Bonchev–Trinajstić information content (AvgIpc) is 3.08. The van der Waals surface area contributed by atoms with Crippen molar-refractivity contribution in [2.75, 3.05) is 0 Å². The predicted molar refractivity (Wildman–Crippen MR) is 93.0 cm³/mol. The lowest BCUT2D eigenvalue weighted by atomic mass is 10.2. The molecule has 0 bridgehead atoms. The van der Waals surface area contributed by atoms with Gasteiger partial charge in [-0.2, -0.15) is 0 Å². The quantitative estimate of drug-likeness (QED) is 0.683. The second-order valence-electron chi connectivity index (χ2n) is 5.30. The van der Waals surface area contributed by atoms with E-state index in [-0.39, 0.29) is 0 Å². The van der Waals surface area contributed by atoms with Gasteiger partial charge >= 0.3 is 0 Å². The minimum absolute atomic E-state index is 0.577. The molecule has 0 saturated carbocycles. The summed E-state index contributed by atoms with van der Waals surface area (Å²) >= 11 is 3.54. The van der Waals surface area contributed by atoms with Crippen LogP contribution in [-0.2, 0) is 19.7 Å². The smallest absolute Gasteiger partial charge is 0.157 e. The molecule has 0 atom stereocenters. The molecule has 2 N–H and O–H groups in total. The first-order valence-electron chi connectivity index (χ1n) is 7.60. The monoisotopic (exact) mass is 372 g/mol. The number of halogens is 1. The number of rotatable bonds is 7. The Morgan fingerprint density at radius 2 is 1.83 bits per heavy atom. The van der Waals surface area contributed by atoms with E-state index in [2.05, 4.69) is 39.4 Å². The highest BCUT2D eigenvalue weighted by atomic mass is 79.9. The molecule has 0 aliphatic carbocycles. The fraction of sp³-hybridized carbons (Fsp3) is 0.158. The molecule has 23 heavy (non-hydrogen) atoms. The van der Waals surface area contributed by atoms with E-state index >= 15 is 0 Å². The number of hydrogen-bond donors (Lipinski definition) is 1. The van der Waals surface area contributed by atoms with Gasteiger partial charge in [-0.25, -0.2) is 0 Å². The Labute approximate surface area is 144 Å². The lowest BCUT2D eigenvalue weighted by molar-refractivity contribution is -0.688. The zero-order valence-corrected chi connectivity index (χ0v) is 14.3. The lowest BCUT2D eigenvalue weighted by Gasteiger charge is -2.11. The van der Waals surface area contributed by atoms with Gasteiger partial charge in [0, 0.05) is 10.0 Å². The van der Waals surface area contributed by atoms with E-state index < -0.39 is 0 Å². The van der Waals surface area contributed by atoms with Crippen LogP contribution in [0.1, 0.15) is 16.9 Å². The molecule has 1 heterocycles. The first-order valence-corrected chi connectivity index (χ1v) is 8.40. The third kappa shape index (κ3) is 4.71. The van der Waals surface area contributed by atoms with Gasteiger partial charge in [-0.3, -0.25) is 0 Å². The van der Waals surface area contributed by atoms with Crippen LogP contribution >= 0.6 is 15.9 Å². The fourth-order valence-electron chi connectivity index (χ4n) is 2.38. The highest BCUT2D eigenvalue weighted by Crippen LogP contribution is 2.23. The van der Waals surface area contributed by atoms with Crippen LogP contribution in [0.2, 0.25) is 0 Å². The molecule has 0 aliphatic heterocycles. The van der Waals surface area contributed by atoms with Crippen LogP contribution in [0.15, 0.2) is 75.8 Å². The van der Waals surface area contributed by atoms with E-state index in [0.717, 1.165) is 29.1 Å². The van der Waals surface area contributed by atoms with E-state index in [4.69, 9.17) is 9.15 Å². The van der Waals surface area contributed by atoms with Crippen molar-refractivity contribution in [2.45, 2.75) is 19.7 Å². The van der Waals surface area contributed by atoms with E-state index in [1.807, 2.05) is 42.5 Å². The highest BCUT2D eigenvalue weighted by Gasteiger charge is 2.08. The number of hydrogen-bond acceptors (Lipinski definition) is 2. The summed E-state index contributed by atoms with van der Waals surface area (Å²) < 4.78 is 12.4. The lowest BCUT2D eigenvalue weighted by Crippen LogP contribution is -2.80. The summed E-state index contributed by atoms with van der Waals surface area (Å²) in [5, 5.41) is 2.20. The Hall–Kier alpha value is -2.04. The molecule has 3 nitrogen and oxygen atoms in total. The summed E-state index contributed by atoms with van der Waals surface area (Å²) in [6, 6.07) is 20.2. The third-order valence-electron chi connectivity index (χ3n) is 3.55. The maximum absolute atomic E-state index is 6.00. The predicted octanol–water partition coefficient (Wildman–Crippen LogP) is 3.88. The first kappa shape index (κ1) is 15.8. The Morgan fingerprint density at radius 3 is 2.61 bits per heavy atom. The van der Waals surface area contributed by atoms with Gasteiger partial charge in [-0.15, -0.1) is 0 Å². The molecule has 0 spiro atoms. The van der Waals surface area contributed by atoms with Gasteiger partial charge in [0.25, 0.3) is 0 Å². The Kier molecular flexibility index (Phi) is 5.51. The van der Waals surface area contributed by atoms with Crippen molar-refractivity contribution in [3.8, 4) is 5.75 Å². The van der Waals surface area contributed by atoms with E-state index in [1.54, 1.807) is 6.26 Å². The van der Waals surface area contributed by atoms with Crippen LogP contribution in [0.25, 0.3) is 0 Å². The van der Waals surface area contributed by atoms with E-state index in [9.17, 15) is 0 Å². The molecule has 0 aliphatic rings. The number of nitrogens with two attached hydrogens (primary N) is 1. The summed E-state index contributed by atoms with van der Waals surface area (Å²) in [6.45, 7) is 2.23. The van der Waals surface area contributed by atoms with Gasteiger partial charge < -0.3 is 14.5 Å². The van der Waals surface area contributed by atoms with Crippen molar-refractivity contribution in [2.24, 2.45) is 0 Å². The molecule has 4 heteroatoms. The molecule has 3 rings (SSSR count). The summed E-state index contributed by atoms with van der Waals surface area (Å²) in [6.07, 6.45) is 1.71. The van der Waals surface area contributed by atoms with Crippen molar-refractivity contribution in [3.05, 3.63) is 88.3 Å². The number of furan rings is 1. The molecule has 2 aromatic carbocycles. The highest BCUT2D eigenvalue weighted by molar-refractivity contribution is 9.10. The van der Waals surface area contributed by atoms with Gasteiger partial charge in [0.1, 0.15) is 25.4 Å². The number of quaternary nitrogens is 1. The van der Waals surface area contributed by atoms with Crippen molar-refractivity contribution < 1.29 is 14.5 Å². The SMILES string of the molecule is Brc1ccc(OCc2ccccc2)c(C[NH2+]Cc2ccco2)c1.